The van der Waals surface area contributed by atoms with E-state index in [0.29, 0.717) is 13.2 Å². The van der Waals surface area contributed by atoms with Crippen molar-refractivity contribution in [3.63, 3.8) is 0 Å². The first-order chi connectivity index (χ1) is 10.6. The van der Waals surface area contributed by atoms with Gasteiger partial charge in [0.25, 0.3) is 0 Å². The highest BCUT2D eigenvalue weighted by atomic mass is 35.5. The second-order valence-corrected chi connectivity index (χ2v) is 6.82. The minimum Gasteiger partial charge on any atom is -0.449 e. The second-order valence-electron chi connectivity index (χ2n) is 6.39. The molecule has 1 aliphatic heterocycles. The fourth-order valence-electron chi connectivity index (χ4n) is 3.80. The summed E-state index contributed by atoms with van der Waals surface area (Å²) < 4.78 is 5.17. The number of hydrogen-bond acceptors (Lipinski definition) is 3. The quantitative estimate of drug-likeness (QED) is 0.928. The van der Waals surface area contributed by atoms with Crippen molar-refractivity contribution in [2.24, 2.45) is 5.73 Å². The average Bonchev–Trinajstić information content (AvgIpc) is 2.55. The van der Waals surface area contributed by atoms with E-state index in [0.717, 1.165) is 43.7 Å². The van der Waals surface area contributed by atoms with Gasteiger partial charge >= 0.3 is 6.09 Å². The molecule has 2 N–H and O–H groups in total. The first-order valence-electron chi connectivity index (χ1n) is 8.04. The maximum atomic E-state index is 11.9. The predicted octanol–water partition coefficient (Wildman–Crippen LogP) is 3.32. The maximum Gasteiger partial charge on any atom is 0.410 e. The van der Waals surface area contributed by atoms with Gasteiger partial charge in [-0.05, 0) is 49.8 Å². The lowest BCUT2D eigenvalue weighted by Crippen LogP contribution is -2.49. The number of benzene rings is 1. The third-order valence-corrected chi connectivity index (χ3v) is 5.42. The zero-order chi connectivity index (χ0) is 15.6. The van der Waals surface area contributed by atoms with E-state index in [-0.39, 0.29) is 17.6 Å². The number of cyclic esters (lactones) is 1. The van der Waals surface area contributed by atoms with Crippen molar-refractivity contribution in [2.75, 3.05) is 19.7 Å². The zero-order valence-electron chi connectivity index (χ0n) is 12.8. The van der Waals surface area contributed by atoms with Gasteiger partial charge in [0, 0.05) is 29.6 Å². The minimum absolute atomic E-state index is 0.0128. The third-order valence-electron chi connectivity index (χ3n) is 5.18. The molecule has 1 heterocycles. The van der Waals surface area contributed by atoms with E-state index >= 15 is 0 Å². The van der Waals surface area contributed by atoms with Crippen LogP contribution in [0, 0.1) is 0 Å². The molecule has 0 unspecified atom stereocenters. The fraction of sp³-hybridized carbons (Fsp3) is 0.588. The van der Waals surface area contributed by atoms with Crippen molar-refractivity contribution in [3.8, 4) is 0 Å². The Balaban J connectivity index is 1.72. The molecule has 0 radical (unpaired) electrons. The molecule has 0 atom stereocenters. The summed E-state index contributed by atoms with van der Waals surface area (Å²) in [6, 6.07) is 8.32. The van der Waals surface area contributed by atoms with E-state index in [1.54, 1.807) is 0 Å². The second kappa shape index (κ2) is 6.47. The standard InChI is InChI=1S/C17H23ClN2O2/c18-14-4-1-3-13(11-14)17(12-19)7-5-15(6-8-17)20-9-2-10-22-16(20)21/h1,3-4,11,15H,2,5-10,12,19H2. The Labute approximate surface area is 136 Å². The van der Waals surface area contributed by atoms with Crippen LogP contribution in [0.1, 0.15) is 37.7 Å². The molecule has 0 spiro atoms. The minimum atomic E-state index is -0.153. The number of ether oxygens (including phenoxy) is 1. The van der Waals surface area contributed by atoms with Gasteiger partial charge in [0.2, 0.25) is 0 Å². The van der Waals surface area contributed by atoms with Crippen LogP contribution in [0.3, 0.4) is 0 Å². The Bertz CT molecular complexity index is 541. The van der Waals surface area contributed by atoms with Gasteiger partial charge in [0.1, 0.15) is 0 Å². The lowest BCUT2D eigenvalue weighted by atomic mass is 9.68. The van der Waals surface area contributed by atoms with Gasteiger partial charge in [-0.25, -0.2) is 4.79 Å². The summed E-state index contributed by atoms with van der Waals surface area (Å²) in [5.41, 5.74) is 7.33. The maximum absolute atomic E-state index is 11.9. The predicted molar refractivity (Wildman–Crippen MR) is 87.1 cm³/mol. The molecule has 1 saturated carbocycles. The summed E-state index contributed by atoms with van der Waals surface area (Å²) in [6.45, 7) is 1.98. The fourth-order valence-corrected chi connectivity index (χ4v) is 3.99. The summed E-state index contributed by atoms with van der Waals surface area (Å²) in [6.07, 6.45) is 4.69. The van der Waals surface area contributed by atoms with Gasteiger partial charge in [-0.1, -0.05) is 23.7 Å². The van der Waals surface area contributed by atoms with Crippen molar-refractivity contribution >= 4 is 17.7 Å². The molecule has 4 nitrogen and oxygen atoms in total. The molecule has 0 bridgehead atoms. The summed E-state index contributed by atoms with van der Waals surface area (Å²) in [5, 5.41) is 0.757. The van der Waals surface area contributed by atoms with Crippen LogP contribution in [0.5, 0.6) is 0 Å². The summed E-state index contributed by atoms with van der Waals surface area (Å²) in [4.78, 5) is 13.8. The van der Waals surface area contributed by atoms with Crippen LogP contribution in [-0.2, 0) is 10.2 Å². The molecule has 1 saturated heterocycles. The Morgan fingerprint density at radius 2 is 2.14 bits per heavy atom. The highest BCUT2D eigenvalue weighted by Crippen LogP contribution is 2.41. The molecule has 2 aliphatic rings. The smallest absolute Gasteiger partial charge is 0.410 e. The molecule has 22 heavy (non-hydrogen) atoms. The number of halogens is 1. The van der Waals surface area contributed by atoms with Gasteiger partial charge in [-0.15, -0.1) is 0 Å². The van der Waals surface area contributed by atoms with E-state index in [2.05, 4.69) is 6.07 Å². The molecule has 2 fully saturated rings. The molecule has 1 aromatic rings. The van der Waals surface area contributed by atoms with Crippen LogP contribution in [0.15, 0.2) is 24.3 Å². The molecule has 1 aliphatic carbocycles. The van der Waals surface area contributed by atoms with Crippen molar-refractivity contribution in [2.45, 2.75) is 43.6 Å². The number of carbonyl (C=O) groups excluding carboxylic acids is 1. The molecular formula is C17H23ClN2O2. The van der Waals surface area contributed by atoms with Crippen LogP contribution in [0.2, 0.25) is 5.02 Å². The Morgan fingerprint density at radius 1 is 1.36 bits per heavy atom. The van der Waals surface area contributed by atoms with Crippen LogP contribution in [0.4, 0.5) is 4.79 Å². The lowest BCUT2D eigenvalue weighted by Gasteiger charge is -2.44. The van der Waals surface area contributed by atoms with Crippen molar-refractivity contribution < 1.29 is 9.53 Å². The van der Waals surface area contributed by atoms with E-state index < -0.39 is 0 Å². The topological polar surface area (TPSA) is 55.6 Å². The third kappa shape index (κ3) is 2.95. The van der Waals surface area contributed by atoms with E-state index in [1.807, 2.05) is 23.1 Å². The number of carbonyl (C=O) groups is 1. The molecular weight excluding hydrogens is 300 g/mol. The average molecular weight is 323 g/mol. The van der Waals surface area contributed by atoms with E-state index in [4.69, 9.17) is 22.1 Å². The number of nitrogens with two attached hydrogens (primary N) is 1. The number of amides is 1. The molecule has 5 heteroatoms. The highest BCUT2D eigenvalue weighted by Gasteiger charge is 2.39. The first-order valence-corrected chi connectivity index (χ1v) is 8.42. The van der Waals surface area contributed by atoms with Gasteiger partial charge in [0.15, 0.2) is 0 Å². The summed E-state index contributed by atoms with van der Waals surface area (Å²) >= 11 is 6.14. The van der Waals surface area contributed by atoms with Crippen molar-refractivity contribution in [1.82, 2.24) is 4.90 Å². The van der Waals surface area contributed by atoms with Crippen LogP contribution >= 0.6 is 11.6 Å². The van der Waals surface area contributed by atoms with Crippen molar-refractivity contribution in [1.29, 1.82) is 0 Å². The molecule has 120 valence electrons. The summed E-state index contributed by atoms with van der Waals surface area (Å²) in [7, 11) is 0. The van der Waals surface area contributed by atoms with Gasteiger partial charge in [0.05, 0.1) is 6.61 Å². The number of hydrogen-bond donors (Lipinski definition) is 1. The van der Waals surface area contributed by atoms with Crippen molar-refractivity contribution in [3.05, 3.63) is 34.9 Å². The number of nitrogens with zero attached hydrogens (tertiary/aromatic N) is 1. The Hall–Kier alpha value is -1.26. The monoisotopic (exact) mass is 322 g/mol. The lowest BCUT2D eigenvalue weighted by molar-refractivity contribution is 0.0407. The van der Waals surface area contributed by atoms with Crippen LogP contribution < -0.4 is 5.73 Å². The number of rotatable bonds is 3. The molecule has 1 aromatic carbocycles. The Kier molecular flexibility index (Phi) is 4.59. The van der Waals surface area contributed by atoms with Gasteiger partial charge in [-0.3, -0.25) is 0 Å². The molecule has 0 aromatic heterocycles. The van der Waals surface area contributed by atoms with E-state index in [9.17, 15) is 4.79 Å². The van der Waals surface area contributed by atoms with Crippen LogP contribution in [0.25, 0.3) is 0 Å². The largest absolute Gasteiger partial charge is 0.449 e. The molecule has 3 rings (SSSR count). The summed E-state index contributed by atoms with van der Waals surface area (Å²) in [5.74, 6) is 0. The SMILES string of the molecule is NCC1(c2cccc(Cl)c2)CCC(N2CCCOC2=O)CC1. The van der Waals surface area contributed by atoms with E-state index in [1.165, 1.54) is 5.56 Å². The first kappa shape index (κ1) is 15.6. The normalized spacial score (nSPS) is 29.3. The molecule has 1 amide bonds. The Morgan fingerprint density at radius 3 is 2.77 bits per heavy atom. The van der Waals surface area contributed by atoms with Gasteiger partial charge in [-0.2, -0.15) is 0 Å². The highest BCUT2D eigenvalue weighted by molar-refractivity contribution is 6.30. The zero-order valence-corrected chi connectivity index (χ0v) is 13.5. The van der Waals surface area contributed by atoms with Gasteiger partial charge < -0.3 is 15.4 Å². The van der Waals surface area contributed by atoms with Crippen LogP contribution in [-0.4, -0.2) is 36.7 Å².